The van der Waals surface area contributed by atoms with Crippen molar-refractivity contribution in [3.8, 4) is 0 Å². The van der Waals surface area contributed by atoms with Crippen LogP contribution < -0.4 is 0 Å². The van der Waals surface area contributed by atoms with Crippen molar-refractivity contribution in [3.05, 3.63) is 12.0 Å². The number of unbranched alkanes of at least 4 members (excludes halogenated alkanes) is 5. The third-order valence-electron chi connectivity index (χ3n) is 1.66. The van der Waals surface area contributed by atoms with Crippen molar-refractivity contribution >= 4 is 11.6 Å². The van der Waals surface area contributed by atoms with Crippen molar-refractivity contribution in [1.82, 2.24) is 0 Å². The number of hydrogen-bond acceptors (Lipinski definition) is 2. The molecule has 0 amide bonds. The van der Waals surface area contributed by atoms with E-state index in [2.05, 4.69) is 0 Å². The summed E-state index contributed by atoms with van der Waals surface area (Å²) < 4.78 is 0. The molecule has 12 heavy (non-hydrogen) atoms. The highest BCUT2D eigenvalue weighted by molar-refractivity contribution is 6.17. The summed E-state index contributed by atoms with van der Waals surface area (Å²) in [4.78, 5) is 0. The highest BCUT2D eigenvalue weighted by Crippen LogP contribution is 2.06. The first kappa shape index (κ1) is 11.6. The second-order valence-electron chi connectivity index (χ2n) is 2.81. The predicted molar refractivity (Wildman–Crippen MR) is 51.8 cm³/mol. The van der Waals surface area contributed by atoms with Crippen molar-refractivity contribution in [2.45, 2.75) is 38.5 Å². The Labute approximate surface area is 78.9 Å². The summed E-state index contributed by atoms with van der Waals surface area (Å²) in [7, 11) is 0. The van der Waals surface area contributed by atoms with Crippen LogP contribution in [0.1, 0.15) is 38.5 Å². The van der Waals surface area contributed by atoms with Gasteiger partial charge in [0.25, 0.3) is 5.95 Å². The van der Waals surface area contributed by atoms with Crippen LogP contribution in [-0.2, 0) is 0 Å². The minimum absolute atomic E-state index is 0.559. The molecule has 0 aliphatic rings. The van der Waals surface area contributed by atoms with Gasteiger partial charge in [-0.05, 0) is 25.3 Å². The third kappa shape index (κ3) is 9.63. The normalized spacial score (nSPS) is 9.75. The van der Waals surface area contributed by atoms with Crippen LogP contribution in [0.15, 0.2) is 12.0 Å². The summed E-state index contributed by atoms with van der Waals surface area (Å²) in [6.07, 6.45) is 7.80. The highest BCUT2D eigenvalue weighted by Gasteiger charge is 1.89. The molecule has 0 bridgehead atoms. The fourth-order valence-corrected chi connectivity index (χ4v) is 1.19. The summed E-state index contributed by atoms with van der Waals surface area (Å²) in [5.74, 6) is 0.188. The zero-order chi connectivity index (χ0) is 9.23. The number of allylic oxidation sites excluding steroid dienone is 1. The Balaban J connectivity index is 2.96. The average molecular weight is 193 g/mol. The van der Waals surface area contributed by atoms with Gasteiger partial charge in [0.05, 0.1) is 0 Å². The van der Waals surface area contributed by atoms with Gasteiger partial charge in [-0.15, -0.1) is 11.6 Å². The Morgan fingerprint density at radius 3 is 2.17 bits per heavy atom. The Morgan fingerprint density at radius 1 is 1.00 bits per heavy atom. The molecule has 0 aliphatic carbocycles. The van der Waals surface area contributed by atoms with E-state index in [0.29, 0.717) is 0 Å². The quantitative estimate of drug-likeness (QED) is 0.368. The molecule has 0 saturated carbocycles. The third-order valence-corrected chi connectivity index (χ3v) is 1.93. The first-order valence-corrected chi connectivity index (χ1v) is 4.95. The van der Waals surface area contributed by atoms with Gasteiger partial charge >= 0.3 is 0 Å². The van der Waals surface area contributed by atoms with Gasteiger partial charge in [0.15, 0.2) is 0 Å². The molecule has 0 aromatic carbocycles. The van der Waals surface area contributed by atoms with E-state index in [1.54, 1.807) is 0 Å². The fraction of sp³-hybridized carbons (Fsp3) is 0.778. The van der Waals surface area contributed by atoms with E-state index >= 15 is 0 Å². The fourth-order valence-electron chi connectivity index (χ4n) is 1.00. The minimum atomic E-state index is -0.559. The Hall–Kier alpha value is -0.370. The van der Waals surface area contributed by atoms with E-state index in [9.17, 15) is 0 Å². The SMILES string of the molecule is OC(O)=CCCCCCCCCl. The molecule has 0 spiro atoms. The lowest BCUT2D eigenvalue weighted by atomic mass is 10.1. The van der Waals surface area contributed by atoms with Crippen LogP contribution in [0.5, 0.6) is 0 Å². The van der Waals surface area contributed by atoms with E-state index in [4.69, 9.17) is 21.8 Å². The number of aliphatic hydroxyl groups excluding tert-OH is 1. The van der Waals surface area contributed by atoms with Gasteiger partial charge in [-0.25, -0.2) is 0 Å². The van der Waals surface area contributed by atoms with E-state index in [1.165, 1.54) is 18.9 Å². The highest BCUT2D eigenvalue weighted by atomic mass is 35.5. The Bertz CT molecular complexity index is 120. The Morgan fingerprint density at radius 2 is 1.58 bits per heavy atom. The maximum Gasteiger partial charge on any atom is 0.269 e. The van der Waals surface area contributed by atoms with Crippen LogP contribution in [0.3, 0.4) is 0 Å². The van der Waals surface area contributed by atoms with E-state index < -0.39 is 5.95 Å². The van der Waals surface area contributed by atoms with E-state index in [1.807, 2.05) is 0 Å². The van der Waals surface area contributed by atoms with Crippen LogP contribution in [-0.4, -0.2) is 16.1 Å². The van der Waals surface area contributed by atoms with Crippen molar-refractivity contribution < 1.29 is 10.2 Å². The minimum Gasteiger partial charge on any atom is -0.481 e. The monoisotopic (exact) mass is 192 g/mol. The van der Waals surface area contributed by atoms with Crippen LogP contribution in [0, 0.1) is 0 Å². The zero-order valence-corrected chi connectivity index (χ0v) is 8.06. The molecule has 2 N–H and O–H groups in total. The maximum absolute atomic E-state index is 8.39. The maximum atomic E-state index is 8.39. The molecule has 0 heterocycles. The smallest absolute Gasteiger partial charge is 0.269 e. The molecule has 0 aliphatic heterocycles. The number of halogens is 1. The lowest BCUT2D eigenvalue weighted by molar-refractivity contribution is 0.189. The lowest BCUT2D eigenvalue weighted by Gasteiger charge is -1.96. The van der Waals surface area contributed by atoms with Gasteiger partial charge in [0.2, 0.25) is 0 Å². The van der Waals surface area contributed by atoms with Crippen molar-refractivity contribution in [3.63, 3.8) is 0 Å². The molecule has 0 unspecified atom stereocenters. The van der Waals surface area contributed by atoms with Gasteiger partial charge in [0.1, 0.15) is 0 Å². The summed E-state index contributed by atoms with van der Waals surface area (Å²) in [6.45, 7) is 0. The number of rotatable bonds is 7. The molecule has 2 nitrogen and oxygen atoms in total. The molecule has 0 rings (SSSR count). The molecule has 0 aromatic rings. The van der Waals surface area contributed by atoms with E-state index in [-0.39, 0.29) is 0 Å². The molecule has 3 heteroatoms. The largest absolute Gasteiger partial charge is 0.481 e. The first-order chi connectivity index (χ1) is 5.77. The standard InChI is InChI=1S/C9H17ClO2/c10-8-6-4-2-1-3-5-7-9(11)12/h7,11-12H,1-6,8H2. The molecule has 0 radical (unpaired) electrons. The van der Waals surface area contributed by atoms with Gasteiger partial charge in [-0.1, -0.05) is 19.3 Å². The van der Waals surface area contributed by atoms with Crippen LogP contribution in [0.2, 0.25) is 0 Å². The van der Waals surface area contributed by atoms with Crippen molar-refractivity contribution in [1.29, 1.82) is 0 Å². The van der Waals surface area contributed by atoms with E-state index in [0.717, 1.165) is 31.6 Å². The second-order valence-corrected chi connectivity index (χ2v) is 3.19. The molecule has 72 valence electrons. The van der Waals surface area contributed by atoms with Gasteiger partial charge in [-0.2, -0.15) is 0 Å². The lowest BCUT2D eigenvalue weighted by Crippen LogP contribution is -1.81. The summed E-state index contributed by atoms with van der Waals surface area (Å²) >= 11 is 5.51. The first-order valence-electron chi connectivity index (χ1n) is 4.41. The molecular weight excluding hydrogens is 176 g/mol. The molecule has 0 atom stereocenters. The molecular formula is C9H17ClO2. The summed E-state index contributed by atoms with van der Waals surface area (Å²) in [5.41, 5.74) is 0. The average Bonchev–Trinajstić information content (AvgIpc) is 2.02. The van der Waals surface area contributed by atoms with Crippen LogP contribution in [0.4, 0.5) is 0 Å². The topological polar surface area (TPSA) is 40.5 Å². The van der Waals surface area contributed by atoms with Crippen LogP contribution >= 0.6 is 11.6 Å². The number of hydrogen-bond donors (Lipinski definition) is 2. The molecule has 0 fully saturated rings. The number of aliphatic hydroxyl groups is 2. The summed E-state index contributed by atoms with van der Waals surface area (Å²) in [5, 5.41) is 16.8. The van der Waals surface area contributed by atoms with Gasteiger partial charge in [0, 0.05) is 5.88 Å². The van der Waals surface area contributed by atoms with Crippen molar-refractivity contribution in [2.75, 3.05) is 5.88 Å². The van der Waals surface area contributed by atoms with Crippen molar-refractivity contribution in [2.24, 2.45) is 0 Å². The van der Waals surface area contributed by atoms with Gasteiger partial charge < -0.3 is 10.2 Å². The number of alkyl halides is 1. The molecule has 0 saturated heterocycles. The second kappa shape index (κ2) is 8.72. The summed E-state index contributed by atoms with van der Waals surface area (Å²) in [6, 6.07) is 0. The zero-order valence-electron chi connectivity index (χ0n) is 7.30. The predicted octanol–water partition coefficient (Wildman–Crippen LogP) is 3.52. The molecule has 0 aromatic heterocycles. The van der Waals surface area contributed by atoms with Gasteiger partial charge in [-0.3, -0.25) is 0 Å². The van der Waals surface area contributed by atoms with Crippen LogP contribution in [0.25, 0.3) is 0 Å². The Kier molecular flexibility index (Phi) is 8.46.